The number of nitrogens with one attached hydrogen (secondary N) is 1. The number of carbonyl (C=O) groups is 1. The van der Waals surface area contributed by atoms with Gasteiger partial charge in [0.05, 0.1) is 39.9 Å². The van der Waals surface area contributed by atoms with Crippen molar-refractivity contribution in [2.45, 2.75) is 418 Å². The minimum Gasteiger partial charge on any atom is -0.387 e. The van der Waals surface area contributed by atoms with Gasteiger partial charge in [0.2, 0.25) is 5.91 Å². The molecule has 0 aromatic rings. The summed E-state index contributed by atoms with van der Waals surface area (Å²) in [6.45, 7) is 4.83. The molecular formula is C82H158N2O6P+. The first-order chi connectivity index (χ1) is 44.5. The van der Waals surface area contributed by atoms with E-state index < -0.39 is 20.0 Å². The van der Waals surface area contributed by atoms with Crippen molar-refractivity contribution in [2.24, 2.45) is 0 Å². The van der Waals surface area contributed by atoms with Crippen LogP contribution in [0, 0.1) is 0 Å². The Hall–Kier alpha value is -1.80. The lowest BCUT2D eigenvalue weighted by molar-refractivity contribution is -0.870. The van der Waals surface area contributed by atoms with Crippen LogP contribution in [-0.4, -0.2) is 73.4 Å². The van der Waals surface area contributed by atoms with E-state index in [2.05, 4.69) is 67.8 Å². The fourth-order valence-electron chi connectivity index (χ4n) is 12.2. The van der Waals surface area contributed by atoms with Crippen molar-refractivity contribution < 1.29 is 32.9 Å². The molecule has 0 saturated carbocycles. The number of phosphoric acid groups is 1. The summed E-state index contributed by atoms with van der Waals surface area (Å²) in [7, 11) is 1.56. The second-order valence-corrected chi connectivity index (χ2v) is 30.2. The number of quaternary nitrogens is 1. The lowest BCUT2D eigenvalue weighted by atomic mass is 10.0. The molecule has 0 radical (unpaired) electrons. The summed E-state index contributed by atoms with van der Waals surface area (Å²) in [4.78, 5) is 23.5. The van der Waals surface area contributed by atoms with Gasteiger partial charge in [-0.2, -0.15) is 0 Å². The van der Waals surface area contributed by atoms with Gasteiger partial charge in [0.15, 0.2) is 0 Å². The minimum atomic E-state index is -4.37. The number of hydrogen-bond acceptors (Lipinski definition) is 5. The maximum atomic E-state index is 13.1. The fraction of sp³-hybridized carbons (Fsp3) is 0.866. The molecule has 0 aliphatic rings. The van der Waals surface area contributed by atoms with Gasteiger partial charge in [0.25, 0.3) is 0 Å². The third kappa shape index (κ3) is 75.4. The quantitative estimate of drug-likeness (QED) is 0.0243. The van der Waals surface area contributed by atoms with Crippen LogP contribution in [0.4, 0.5) is 0 Å². The molecule has 0 aromatic carbocycles. The Balaban J connectivity index is 3.96. The molecule has 3 atom stereocenters. The molecule has 0 aliphatic heterocycles. The van der Waals surface area contributed by atoms with Crippen LogP contribution in [0.2, 0.25) is 0 Å². The van der Waals surface area contributed by atoms with E-state index >= 15 is 0 Å². The molecule has 91 heavy (non-hydrogen) atoms. The average molecular weight is 1300 g/mol. The zero-order chi connectivity index (χ0) is 66.2. The molecular weight excluding hydrogens is 1140 g/mol. The number of hydrogen-bond donors (Lipinski definition) is 3. The van der Waals surface area contributed by atoms with Crippen LogP contribution in [0.1, 0.15) is 406 Å². The summed E-state index contributed by atoms with van der Waals surface area (Å²) in [5.41, 5.74) is 0. The van der Waals surface area contributed by atoms with Gasteiger partial charge in [-0.3, -0.25) is 13.8 Å². The van der Waals surface area contributed by atoms with E-state index in [1.807, 2.05) is 27.2 Å². The molecule has 0 saturated heterocycles. The molecule has 8 nitrogen and oxygen atoms in total. The van der Waals surface area contributed by atoms with Gasteiger partial charge in [0, 0.05) is 6.42 Å². The van der Waals surface area contributed by atoms with E-state index in [9.17, 15) is 19.4 Å². The van der Waals surface area contributed by atoms with Gasteiger partial charge in [-0.25, -0.2) is 4.57 Å². The van der Waals surface area contributed by atoms with Crippen molar-refractivity contribution in [3.8, 4) is 0 Å². The molecule has 0 aromatic heterocycles. The molecule has 0 bridgehead atoms. The number of allylic oxidation sites excluding steroid dienone is 9. The highest BCUT2D eigenvalue weighted by molar-refractivity contribution is 7.47. The number of unbranched alkanes of at least 4 members (excludes halogenated alkanes) is 54. The predicted molar refractivity (Wildman–Crippen MR) is 401 cm³/mol. The number of amides is 1. The van der Waals surface area contributed by atoms with E-state index in [4.69, 9.17) is 9.05 Å². The first kappa shape index (κ1) is 89.2. The number of aliphatic hydroxyl groups is 1. The molecule has 0 rings (SSSR count). The van der Waals surface area contributed by atoms with Crippen molar-refractivity contribution >= 4 is 13.7 Å². The van der Waals surface area contributed by atoms with Gasteiger partial charge in [-0.05, 0) is 77.0 Å². The summed E-state index contributed by atoms with van der Waals surface area (Å²) in [6, 6.07) is -0.872. The molecule has 3 N–H and O–H groups in total. The minimum absolute atomic E-state index is 0.0544. The van der Waals surface area contributed by atoms with Crippen LogP contribution in [0.15, 0.2) is 60.8 Å². The predicted octanol–water partition coefficient (Wildman–Crippen LogP) is 26.3. The average Bonchev–Trinajstić information content (AvgIpc) is 3.59. The van der Waals surface area contributed by atoms with Gasteiger partial charge < -0.3 is 19.8 Å². The summed E-state index contributed by atoms with van der Waals surface area (Å²) >= 11 is 0. The highest BCUT2D eigenvalue weighted by Crippen LogP contribution is 2.43. The van der Waals surface area contributed by atoms with Crippen molar-refractivity contribution in [1.29, 1.82) is 0 Å². The Kier molecular flexibility index (Phi) is 71.0. The molecule has 0 fully saturated rings. The highest BCUT2D eigenvalue weighted by atomic mass is 31.2. The van der Waals surface area contributed by atoms with Gasteiger partial charge in [-0.15, -0.1) is 0 Å². The van der Waals surface area contributed by atoms with Gasteiger partial charge in [0.1, 0.15) is 13.2 Å². The van der Waals surface area contributed by atoms with Crippen LogP contribution >= 0.6 is 7.82 Å². The number of aliphatic hydroxyl groups excluding tert-OH is 1. The van der Waals surface area contributed by atoms with Crippen molar-refractivity contribution in [1.82, 2.24) is 5.32 Å². The largest absolute Gasteiger partial charge is 0.472 e. The molecule has 0 aliphatic carbocycles. The maximum Gasteiger partial charge on any atom is 0.472 e. The second kappa shape index (κ2) is 72.5. The third-order valence-electron chi connectivity index (χ3n) is 18.4. The molecule has 9 heteroatoms. The third-order valence-corrected chi connectivity index (χ3v) is 19.4. The standard InChI is InChI=1S/C82H157N2O6P/c1-6-8-10-12-14-16-18-20-22-24-26-28-30-32-34-36-37-38-39-40-41-42-43-44-45-46-47-48-50-52-54-56-58-60-62-64-66-68-70-72-74-76-82(86)83-80(79-90-91(87,88)89-78-77-84(3,4)5)81(85)75-73-71-69-67-65-63-61-59-57-55-53-51-49-35-33-31-29-27-25-23-21-19-17-15-13-11-9-7-2/h18,20,24,26,57,59,65,67,73,75,80-81,85H,6-17,19,21-23,25,27-56,58,60-64,66,68-72,74,76-79H2,1-5H3,(H-,83,86,87,88)/p+1/b20-18-,26-24-,59-57+,67-65+,75-73+. The van der Waals surface area contributed by atoms with Crippen molar-refractivity contribution in [3.05, 3.63) is 60.8 Å². The Morgan fingerprint density at radius 2 is 0.637 bits per heavy atom. The summed E-state index contributed by atoms with van der Waals surface area (Å²) < 4.78 is 23.8. The van der Waals surface area contributed by atoms with Crippen LogP contribution < -0.4 is 5.32 Å². The van der Waals surface area contributed by atoms with E-state index in [1.54, 1.807) is 6.08 Å². The smallest absolute Gasteiger partial charge is 0.387 e. The van der Waals surface area contributed by atoms with Crippen molar-refractivity contribution in [3.63, 3.8) is 0 Å². The molecule has 536 valence electrons. The Bertz CT molecular complexity index is 1670. The summed E-state index contributed by atoms with van der Waals surface area (Å²) in [5, 5.41) is 14.0. The van der Waals surface area contributed by atoms with Crippen LogP contribution in [-0.2, 0) is 18.4 Å². The Morgan fingerprint density at radius 3 is 0.945 bits per heavy atom. The van der Waals surface area contributed by atoms with E-state index in [1.165, 1.54) is 334 Å². The van der Waals surface area contributed by atoms with Crippen molar-refractivity contribution in [2.75, 3.05) is 40.9 Å². The number of carbonyl (C=O) groups excluding carboxylic acids is 1. The number of nitrogens with zero attached hydrogens (tertiary/aromatic N) is 1. The van der Waals surface area contributed by atoms with Gasteiger partial charge >= 0.3 is 7.82 Å². The first-order valence-corrected chi connectivity index (χ1v) is 41.7. The van der Waals surface area contributed by atoms with Crippen LogP contribution in [0.5, 0.6) is 0 Å². The SMILES string of the molecule is CCCCCCC/C=C\C/C=C\CCCCCCCCCCCCCCCCCCCCCCCCCCCCCCCC(=O)NC(COP(=O)(O)OCC[N+](C)(C)C)C(O)/C=C/CC/C=C/CC/C=C/CCCCCCCCCCCCCCCCCCCC. The fourth-order valence-corrected chi connectivity index (χ4v) is 13.0. The first-order valence-electron chi connectivity index (χ1n) is 40.2. The van der Waals surface area contributed by atoms with E-state index in [0.29, 0.717) is 17.4 Å². The zero-order valence-electron chi connectivity index (χ0n) is 61.6. The Labute approximate surface area is 568 Å². The topological polar surface area (TPSA) is 105 Å². The second-order valence-electron chi connectivity index (χ2n) is 28.8. The normalized spacial score (nSPS) is 13.8. The summed E-state index contributed by atoms with van der Waals surface area (Å²) in [5.74, 6) is -0.183. The number of likely N-dealkylation sites (N-methyl/N-ethyl adjacent to an activating group) is 1. The molecule has 0 heterocycles. The zero-order valence-corrected chi connectivity index (χ0v) is 62.5. The van der Waals surface area contributed by atoms with Crippen LogP contribution in [0.25, 0.3) is 0 Å². The number of phosphoric ester groups is 1. The molecule has 1 amide bonds. The maximum absolute atomic E-state index is 13.1. The van der Waals surface area contributed by atoms with Crippen LogP contribution in [0.3, 0.4) is 0 Å². The molecule has 3 unspecified atom stereocenters. The summed E-state index contributed by atoms with van der Waals surface area (Å²) in [6.07, 6.45) is 101. The Morgan fingerprint density at radius 1 is 0.374 bits per heavy atom. The number of rotatable bonds is 75. The van der Waals surface area contributed by atoms with E-state index in [-0.39, 0.29) is 19.1 Å². The van der Waals surface area contributed by atoms with Gasteiger partial charge in [-0.1, -0.05) is 383 Å². The highest BCUT2D eigenvalue weighted by Gasteiger charge is 2.28. The van der Waals surface area contributed by atoms with E-state index in [0.717, 1.165) is 51.4 Å². The lowest BCUT2D eigenvalue weighted by Gasteiger charge is -2.25. The lowest BCUT2D eigenvalue weighted by Crippen LogP contribution is -2.45. The molecule has 0 spiro atoms. The monoisotopic (exact) mass is 1300 g/mol.